The molecule has 0 unspecified atom stereocenters. The average Bonchev–Trinajstić information content (AvgIpc) is 2.38. The van der Waals surface area contributed by atoms with Gasteiger partial charge in [-0.25, -0.2) is 13.1 Å². The van der Waals surface area contributed by atoms with Crippen LogP contribution in [0.5, 0.6) is 11.5 Å². The maximum atomic E-state index is 11.8. The van der Waals surface area contributed by atoms with E-state index in [1.807, 2.05) is 0 Å². The van der Waals surface area contributed by atoms with Gasteiger partial charge in [-0.15, -0.1) is 0 Å². The SMILES string of the molecule is CNCc1cc(S(=O)(=O)NC)cc(OC)c1OC. The summed E-state index contributed by atoms with van der Waals surface area (Å²) in [5.74, 6) is 0.918. The third kappa shape index (κ3) is 2.92. The van der Waals surface area contributed by atoms with Gasteiger partial charge in [-0.05, 0) is 20.2 Å². The fourth-order valence-corrected chi connectivity index (χ4v) is 2.41. The highest BCUT2D eigenvalue weighted by Gasteiger charge is 2.18. The van der Waals surface area contributed by atoms with Gasteiger partial charge in [0.15, 0.2) is 11.5 Å². The zero-order valence-corrected chi connectivity index (χ0v) is 11.7. The van der Waals surface area contributed by atoms with Crippen LogP contribution in [0.15, 0.2) is 17.0 Å². The Kier molecular flexibility index (Phi) is 4.94. The Balaban J connectivity index is 3.45. The molecular formula is C11H18N2O4S. The Morgan fingerprint density at radius 1 is 1.17 bits per heavy atom. The van der Waals surface area contributed by atoms with E-state index in [9.17, 15) is 8.42 Å². The lowest BCUT2D eigenvalue weighted by atomic mass is 10.2. The molecule has 0 aliphatic rings. The van der Waals surface area contributed by atoms with Crippen LogP contribution in [0.25, 0.3) is 0 Å². The first kappa shape index (κ1) is 14.7. The van der Waals surface area contributed by atoms with Gasteiger partial charge in [-0.3, -0.25) is 0 Å². The summed E-state index contributed by atoms with van der Waals surface area (Å²) in [6, 6.07) is 2.99. The lowest BCUT2D eigenvalue weighted by molar-refractivity contribution is 0.350. The minimum absolute atomic E-state index is 0.146. The molecule has 18 heavy (non-hydrogen) atoms. The highest BCUT2D eigenvalue weighted by atomic mass is 32.2. The van der Waals surface area contributed by atoms with Crippen LogP contribution < -0.4 is 19.5 Å². The van der Waals surface area contributed by atoms with Crippen LogP contribution in [0, 0.1) is 0 Å². The highest BCUT2D eigenvalue weighted by Crippen LogP contribution is 2.34. The lowest BCUT2D eigenvalue weighted by Gasteiger charge is -2.14. The Morgan fingerprint density at radius 2 is 1.83 bits per heavy atom. The first-order chi connectivity index (χ1) is 8.50. The van der Waals surface area contributed by atoms with Gasteiger partial charge in [0, 0.05) is 18.2 Å². The minimum Gasteiger partial charge on any atom is -0.493 e. The van der Waals surface area contributed by atoms with Crippen LogP contribution in [0.4, 0.5) is 0 Å². The smallest absolute Gasteiger partial charge is 0.240 e. The van der Waals surface area contributed by atoms with Gasteiger partial charge in [0.2, 0.25) is 10.0 Å². The largest absolute Gasteiger partial charge is 0.493 e. The molecule has 0 amide bonds. The van der Waals surface area contributed by atoms with Crippen LogP contribution >= 0.6 is 0 Å². The summed E-state index contributed by atoms with van der Waals surface area (Å²) in [5.41, 5.74) is 0.716. The van der Waals surface area contributed by atoms with E-state index in [1.54, 1.807) is 13.1 Å². The molecule has 0 aromatic heterocycles. The number of rotatable bonds is 6. The number of hydrogen-bond acceptors (Lipinski definition) is 5. The summed E-state index contributed by atoms with van der Waals surface area (Å²) in [4.78, 5) is 0.146. The minimum atomic E-state index is -3.51. The number of benzene rings is 1. The van der Waals surface area contributed by atoms with Gasteiger partial charge < -0.3 is 14.8 Å². The molecule has 1 rings (SSSR count). The second-order valence-electron chi connectivity index (χ2n) is 3.56. The molecule has 7 heteroatoms. The number of hydrogen-bond donors (Lipinski definition) is 2. The first-order valence-corrected chi connectivity index (χ1v) is 6.81. The zero-order chi connectivity index (χ0) is 13.8. The maximum absolute atomic E-state index is 11.8. The molecule has 0 aliphatic carbocycles. The summed E-state index contributed by atoms with van der Waals surface area (Å²) in [7, 11) is 2.61. The summed E-state index contributed by atoms with van der Waals surface area (Å²) in [6.07, 6.45) is 0. The molecule has 0 spiro atoms. The van der Waals surface area contributed by atoms with E-state index in [2.05, 4.69) is 10.0 Å². The first-order valence-electron chi connectivity index (χ1n) is 5.33. The molecule has 2 N–H and O–H groups in total. The molecule has 0 atom stereocenters. The van der Waals surface area contributed by atoms with E-state index < -0.39 is 10.0 Å². The van der Waals surface area contributed by atoms with E-state index >= 15 is 0 Å². The van der Waals surface area contributed by atoms with Gasteiger partial charge in [0.05, 0.1) is 19.1 Å². The molecule has 6 nitrogen and oxygen atoms in total. The number of nitrogens with one attached hydrogen (secondary N) is 2. The van der Waals surface area contributed by atoms with Crippen molar-refractivity contribution >= 4 is 10.0 Å². The fourth-order valence-electron chi connectivity index (χ4n) is 1.61. The van der Waals surface area contributed by atoms with Gasteiger partial charge in [0.1, 0.15) is 0 Å². The van der Waals surface area contributed by atoms with Crippen molar-refractivity contribution < 1.29 is 17.9 Å². The average molecular weight is 274 g/mol. The van der Waals surface area contributed by atoms with Gasteiger partial charge in [0.25, 0.3) is 0 Å². The highest BCUT2D eigenvalue weighted by molar-refractivity contribution is 7.89. The molecule has 0 saturated heterocycles. The van der Waals surface area contributed by atoms with Crippen LogP contribution in [0.1, 0.15) is 5.56 Å². The Labute approximate surface area is 107 Å². The molecule has 1 aromatic rings. The predicted octanol–water partition coefficient (Wildman–Crippen LogP) is 0.331. The quantitative estimate of drug-likeness (QED) is 0.782. The van der Waals surface area contributed by atoms with E-state index in [1.165, 1.54) is 27.3 Å². The third-order valence-electron chi connectivity index (χ3n) is 2.48. The van der Waals surface area contributed by atoms with Crippen LogP contribution in [-0.4, -0.2) is 36.7 Å². The standard InChI is InChI=1S/C11H18N2O4S/c1-12-7-8-5-9(18(14,15)13-2)6-10(16-3)11(8)17-4/h5-6,12-13H,7H2,1-4H3. The topological polar surface area (TPSA) is 76.7 Å². The van der Waals surface area contributed by atoms with Crippen LogP contribution in [0.3, 0.4) is 0 Å². The lowest BCUT2D eigenvalue weighted by Crippen LogP contribution is -2.19. The van der Waals surface area contributed by atoms with Crippen LogP contribution in [-0.2, 0) is 16.6 Å². The van der Waals surface area contributed by atoms with Crippen molar-refractivity contribution in [1.29, 1.82) is 0 Å². The Bertz CT molecular complexity index is 514. The normalized spacial score (nSPS) is 11.3. The van der Waals surface area contributed by atoms with E-state index in [0.29, 0.717) is 23.6 Å². The molecule has 0 aliphatic heterocycles. The monoisotopic (exact) mass is 274 g/mol. The van der Waals surface area contributed by atoms with E-state index in [0.717, 1.165) is 0 Å². The number of sulfonamides is 1. The van der Waals surface area contributed by atoms with Crippen molar-refractivity contribution in [3.05, 3.63) is 17.7 Å². The maximum Gasteiger partial charge on any atom is 0.240 e. The van der Waals surface area contributed by atoms with Gasteiger partial charge in [-0.2, -0.15) is 0 Å². The molecule has 1 aromatic carbocycles. The summed E-state index contributed by atoms with van der Waals surface area (Å²) >= 11 is 0. The molecule has 102 valence electrons. The van der Waals surface area contributed by atoms with E-state index in [-0.39, 0.29) is 4.90 Å². The fraction of sp³-hybridized carbons (Fsp3) is 0.455. The van der Waals surface area contributed by atoms with Crippen molar-refractivity contribution in [1.82, 2.24) is 10.0 Å². The zero-order valence-electron chi connectivity index (χ0n) is 10.9. The number of methoxy groups -OCH3 is 2. The molecule has 0 heterocycles. The van der Waals surface area contributed by atoms with Crippen molar-refractivity contribution in [3.63, 3.8) is 0 Å². The van der Waals surface area contributed by atoms with E-state index in [4.69, 9.17) is 9.47 Å². The third-order valence-corrected chi connectivity index (χ3v) is 3.87. The summed E-state index contributed by atoms with van der Waals surface area (Å²) < 4.78 is 36.3. The Hall–Kier alpha value is -1.31. The molecular weight excluding hydrogens is 256 g/mol. The van der Waals surface area contributed by atoms with Crippen LogP contribution in [0.2, 0.25) is 0 Å². The van der Waals surface area contributed by atoms with Crippen molar-refractivity contribution in [2.75, 3.05) is 28.3 Å². The summed E-state index contributed by atoms with van der Waals surface area (Å²) in [6.45, 7) is 0.479. The molecule has 0 radical (unpaired) electrons. The van der Waals surface area contributed by atoms with Crippen molar-refractivity contribution in [3.8, 4) is 11.5 Å². The predicted molar refractivity (Wildman–Crippen MR) is 68.6 cm³/mol. The molecule has 0 bridgehead atoms. The van der Waals surface area contributed by atoms with Crippen molar-refractivity contribution in [2.24, 2.45) is 0 Å². The molecule has 0 saturated carbocycles. The second-order valence-corrected chi connectivity index (χ2v) is 5.44. The van der Waals surface area contributed by atoms with Gasteiger partial charge >= 0.3 is 0 Å². The Morgan fingerprint density at radius 3 is 2.28 bits per heavy atom. The van der Waals surface area contributed by atoms with Gasteiger partial charge in [-0.1, -0.05) is 0 Å². The number of ether oxygens (including phenoxy) is 2. The summed E-state index contributed by atoms with van der Waals surface area (Å²) in [5, 5.41) is 2.96. The second kappa shape index (κ2) is 6.03. The molecule has 0 fully saturated rings. The van der Waals surface area contributed by atoms with Crippen molar-refractivity contribution in [2.45, 2.75) is 11.4 Å².